The molecule has 0 fully saturated rings. The van der Waals surface area contributed by atoms with E-state index in [1.54, 1.807) is 26.2 Å². The number of aliphatic hydroxyl groups is 1. The molecule has 8 heteroatoms. The number of methoxy groups -OCH3 is 1. The quantitative estimate of drug-likeness (QED) is 0.667. The van der Waals surface area contributed by atoms with Crippen LogP contribution in [-0.4, -0.2) is 63.8 Å². The molecule has 1 aliphatic rings. The van der Waals surface area contributed by atoms with E-state index in [2.05, 4.69) is 17.2 Å². The Morgan fingerprint density at radius 2 is 1.97 bits per heavy atom. The summed E-state index contributed by atoms with van der Waals surface area (Å²) in [4.78, 5) is 0.0812. The van der Waals surface area contributed by atoms with Crippen molar-refractivity contribution in [2.24, 2.45) is 5.92 Å². The van der Waals surface area contributed by atoms with Crippen LogP contribution in [0.2, 0.25) is 0 Å². The molecule has 0 spiro atoms. The smallest absolute Gasteiger partial charge is 0.247 e. The Morgan fingerprint density at radius 3 is 2.62 bits per heavy atom. The number of ether oxygens (including phenoxy) is 2. The summed E-state index contributed by atoms with van der Waals surface area (Å²) in [5.41, 5.74) is 1.43. The highest BCUT2D eigenvalue weighted by molar-refractivity contribution is 7.89. The molecule has 0 amide bonds. The van der Waals surface area contributed by atoms with Gasteiger partial charge >= 0.3 is 0 Å². The van der Waals surface area contributed by atoms with E-state index in [1.807, 2.05) is 38.2 Å². The summed E-state index contributed by atoms with van der Waals surface area (Å²) < 4.78 is 39.6. The average Bonchev–Trinajstić information content (AvgIpc) is 2.79. The Kier molecular flexibility index (Phi) is 7.80. The Bertz CT molecular complexity index is 1110. The molecule has 0 radical (unpaired) electrons. The second-order valence-corrected chi connectivity index (χ2v) is 9.80. The highest BCUT2D eigenvalue weighted by Gasteiger charge is 2.37. The number of nitrogens with one attached hydrogen (secondary N) is 1. The number of sulfonamides is 1. The minimum Gasteiger partial charge on any atom is -0.497 e. The van der Waals surface area contributed by atoms with E-state index >= 15 is 0 Å². The number of benzene rings is 2. The largest absolute Gasteiger partial charge is 0.497 e. The molecule has 0 aliphatic carbocycles. The number of rotatable bonds is 5. The van der Waals surface area contributed by atoms with E-state index in [0.717, 1.165) is 5.56 Å². The van der Waals surface area contributed by atoms with Crippen molar-refractivity contribution < 1.29 is 23.0 Å². The number of hydrogen-bond donors (Lipinski definition) is 2. The van der Waals surface area contributed by atoms with Crippen LogP contribution in [0.5, 0.6) is 11.5 Å². The molecule has 3 atom stereocenters. The highest BCUT2D eigenvalue weighted by Crippen LogP contribution is 2.33. The number of nitrogens with zero attached hydrogens (tertiary/aromatic N) is 1. The molecule has 0 unspecified atom stereocenters. The normalized spacial score (nSPS) is 21.2. The summed E-state index contributed by atoms with van der Waals surface area (Å²) in [5.74, 6) is 7.05. The Labute approximate surface area is 190 Å². The lowest BCUT2D eigenvalue weighted by Gasteiger charge is -2.36. The molecule has 172 valence electrons. The van der Waals surface area contributed by atoms with Gasteiger partial charge in [-0.25, -0.2) is 8.42 Å². The first-order valence-electron chi connectivity index (χ1n) is 10.5. The summed E-state index contributed by atoms with van der Waals surface area (Å²) >= 11 is 0. The molecule has 1 aliphatic heterocycles. The van der Waals surface area contributed by atoms with Gasteiger partial charge in [0.1, 0.15) is 22.5 Å². The second-order valence-electron chi connectivity index (χ2n) is 7.94. The third-order valence-corrected chi connectivity index (χ3v) is 7.51. The van der Waals surface area contributed by atoms with Crippen molar-refractivity contribution >= 4 is 10.0 Å². The van der Waals surface area contributed by atoms with E-state index in [4.69, 9.17) is 9.47 Å². The molecule has 0 saturated heterocycles. The minimum atomic E-state index is -3.85. The van der Waals surface area contributed by atoms with Gasteiger partial charge in [-0.2, -0.15) is 4.31 Å². The van der Waals surface area contributed by atoms with Crippen molar-refractivity contribution in [3.63, 3.8) is 0 Å². The molecule has 32 heavy (non-hydrogen) atoms. The van der Waals surface area contributed by atoms with E-state index < -0.39 is 16.1 Å². The SMILES string of the molecule is CNC[C@@H]1Oc2cc(C#Cc3cccc(OC)c3)ccc2S(=O)(=O)N([C@H](C)CO)C[C@H]1C. The Hall–Kier alpha value is -2.57. The first-order chi connectivity index (χ1) is 15.3. The van der Waals surface area contributed by atoms with Gasteiger partial charge in [0.15, 0.2) is 0 Å². The lowest BCUT2D eigenvalue weighted by Crippen LogP contribution is -2.49. The van der Waals surface area contributed by atoms with Crippen LogP contribution in [-0.2, 0) is 10.0 Å². The number of fused-ring (bicyclic) bond motifs is 1. The van der Waals surface area contributed by atoms with Crippen LogP contribution >= 0.6 is 0 Å². The van der Waals surface area contributed by atoms with Gasteiger partial charge in [-0.05, 0) is 50.4 Å². The predicted molar refractivity (Wildman–Crippen MR) is 123 cm³/mol. The van der Waals surface area contributed by atoms with Gasteiger partial charge in [-0.3, -0.25) is 0 Å². The van der Waals surface area contributed by atoms with Gasteiger partial charge in [0, 0.05) is 36.2 Å². The van der Waals surface area contributed by atoms with E-state index in [1.165, 1.54) is 10.4 Å². The standard InChI is InChI=1S/C24H30N2O5S/c1-17-15-26(18(2)16-27)32(28,29)24-11-10-20(13-22(24)31-23(17)14-25-3)9-8-19-6-5-7-21(12-19)30-4/h5-7,10-13,17-18,23,25,27H,14-16H2,1-4H3/t17-,18-,23+/m1/s1. The van der Waals surface area contributed by atoms with E-state index in [-0.39, 0.29) is 35.8 Å². The van der Waals surface area contributed by atoms with Gasteiger partial charge in [0.05, 0.1) is 13.7 Å². The highest BCUT2D eigenvalue weighted by atomic mass is 32.2. The monoisotopic (exact) mass is 458 g/mol. The van der Waals surface area contributed by atoms with Crippen LogP contribution < -0.4 is 14.8 Å². The maximum atomic E-state index is 13.4. The molecule has 2 N–H and O–H groups in total. The molecule has 2 aromatic rings. The molecule has 2 aromatic carbocycles. The molecule has 0 aromatic heterocycles. The Balaban J connectivity index is 2.05. The number of aliphatic hydroxyl groups excluding tert-OH is 1. The summed E-state index contributed by atoms with van der Waals surface area (Å²) in [6, 6.07) is 11.7. The van der Waals surface area contributed by atoms with Crippen LogP contribution in [0.1, 0.15) is 25.0 Å². The van der Waals surface area contributed by atoms with Crippen molar-refractivity contribution in [2.45, 2.75) is 30.9 Å². The zero-order valence-corrected chi connectivity index (χ0v) is 19.6. The maximum Gasteiger partial charge on any atom is 0.247 e. The summed E-state index contributed by atoms with van der Waals surface area (Å²) in [5, 5.41) is 12.8. The Morgan fingerprint density at radius 1 is 1.25 bits per heavy atom. The molecule has 3 rings (SSSR count). The van der Waals surface area contributed by atoms with Crippen LogP contribution in [0.25, 0.3) is 0 Å². The fourth-order valence-corrected chi connectivity index (χ4v) is 5.42. The predicted octanol–water partition coefficient (Wildman–Crippen LogP) is 2.08. The molecule has 1 heterocycles. The second kappa shape index (κ2) is 10.4. The third-order valence-electron chi connectivity index (χ3n) is 5.49. The first kappa shape index (κ1) is 24.1. The third kappa shape index (κ3) is 5.25. The van der Waals surface area contributed by atoms with Crippen LogP contribution in [0.3, 0.4) is 0 Å². The van der Waals surface area contributed by atoms with Crippen molar-refractivity contribution in [2.75, 3.05) is 33.9 Å². The van der Waals surface area contributed by atoms with Gasteiger partial charge in [0.2, 0.25) is 10.0 Å². The molecule has 0 saturated carbocycles. The van der Waals surface area contributed by atoms with Crippen molar-refractivity contribution in [1.82, 2.24) is 9.62 Å². The zero-order chi connectivity index (χ0) is 23.3. The van der Waals surface area contributed by atoms with Crippen molar-refractivity contribution in [3.8, 4) is 23.3 Å². The van der Waals surface area contributed by atoms with Crippen molar-refractivity contribution in [1.29, 1.82) is 0 Å². The topological polar surface area (TPSA) is 88.1 Å². The molecular formula is C24H30N2O5S. The van der Waals surface area contributed by atoms with Crippen molar-refractivity contribution in [3.05, 3.63) is 53.6 Å². The number of hydrogen-bond acceptors (Lipinski definition) is 6. The molecular weight excluding hydrogens is 428 g/mol. The fraction of sp³-hybridized carbons (Fsp3) is 0.417. The fourth-order valence-electron chi connectivity index (χ4n) is 3.59. The first-order valence-corrected chi connectivity index (χ1v) is 12.0. The summed E-state index contributed by atoms with van der Waals surface area (Å²) in [6.07, 6.45) is -0.246. The lowest BCUT2D eigenvalue weighted by atomic mass is 10.0. The minimum absolute atomic E-state index is 0.0812. The van der Waals surface area contributed by atoms with E-state index in [9.17, 15) is 13.5 Å². The summed E-state index contributed by atoms with van der Waals surface area (Å²) in [7, 11) is -0.425. The maximum absolute atomic E-state index is 13.4. The van der Waals surface area contributed by atoms with Gasteiger partial charge in [0.25, 0.3) is 0 Å². The molecule has 0 bridgehead atoms. The number of likely N-dealkylation sites (N-methyl/N-ethyl adjacent to an activating group) is 1. The van der Waals surface area contributed by atoms with Crippen LogP contribution in [0.4, 0.5) is 0 Å². The van der Waals surface area contributed by atoms with Gasteiger partial charge in [-0.1, -0.05) is 24.8 Å². The average molecular weight is 459 g/mol. The molecule has 7 nitrogen and oxygen atoms in total. The van der Waals surface area contributed by atoms with Gasteiger partial charge < -0.3 is 19.9 Å². The van der Waals surface area contributed by atoms with Crippen LogP contribution in [0.15, 0.2) is 47.4 Å². The van der Waals surface area contributed by atoms with Crippen LogP contribution in [0, 0.1) is 17.8 Å². The van der Waals surface area contributed by atoms with E-state index in [0.29, 0.717) is 17.9 Å². The van der Waals surface area contributed by atoms with Gasteiger partial charge in [-0.15, -0.1) is 0 Å². The zero-order valence-electron chi connectivity index (χ0n) is 18.8. The summed E-state index contributed by atoms with van der Waals surface area (Å²) in [6.45, 7) is 4.21. The lowest BCUT2D eigenvalue weighted by molar-refractivity contribution is 0.103.